The molecule has 1 aromatic carbocycles. The van der Waals surface area contributed by atoms with Gasteiger partial charge < -0.3 is 10.6 Å². The first-order chi connectivity index (χ1) is 8.63. The van der Waals surface area contributed by atoms with Crippen molar-refractivity contribution in [2.24, 2.45) is 5.73 Å². The Morgan fingerprint density at radius 2 is 2.28 bits per heavy atom. The Balaban J connectivity index is 2.23. The largest absolute Gasteiger partial charge is 0.330 e. The molecule has 96 valence electrons. The summed E-state index contributed by atoms with van der Waals surface area (Å²) in [6.45, 7) is 1.07. The van der Waals surface area contributed by atoms with Crippen LogP contribution >= 0.6 is 0 Å². The van der Waals surface area contributed by atoms with Gasteiger partial charge >= 0.3 is 0 Å². The average Bonchev–Trinajstić information content (AvgIpc) is 2.78. The van der Waals surface area contributed by atoms with Gasteiger partial charge in [-0.05, 0) is 24.9 Å². The zero-order chi connectivity index (χ0) is 13.1. The molecule has 1 aliphatic rings. The number of nitrogens with zero attached hydrogens (tertiary/aromatic N) is 2. The van der Waals surface area contributed by atoms with Crippen LogP contribution in [0, 0.1) is 10.1 Å². The van der Waals surface area contributed by atoms with Gasteiger partial charge in [-0.15, -0.1) is 0 Å². The Morgan fingerprint density at radius 1 is 1.50 bits per heavy atom. The van der Waals surface area contributed by atoms with Crippen molar-refractivity contribution >= 4 is 17.3 Å². The van der Waals surface area contributed by atoms with Crippen LogP contribution in [0.2, 0.25) is 0 Å². The van der Waals surface area contributed by atoms with Crippen LogP contribution in [-0.2, 0) is 11.2 Å². The van der Waals surface area contributed by atoms with Crippen molar-refractivity contribution < 1.29 is 9.72 Å². The number of hydrogen-bond donors (Lipinski definition) is 1. The predicted octanol–water partition coefficient (Wildman–Crippen LogP) is 1.22. The standard InChI is InChI=1S/C12H15N3O3/c13-6-1-2-12(16)14-7-5-9-3-4-10(15(17)18)8-11(9)14/h3-4,8H,1-2,5-7,13H2. The molecule has 6 heteroatoms. The second-order valence-electron chi connectivity index (χ2n) is 4.26. The lowest BCUT2D eigenvalue weighted by atomic mass is 10.1. The summed E-state index contributed by atoms with van der Waals surface area (Å²) in [6, 6.07) is 4.68. The third kappa shape index (κ3) is 2.33. The molecule has 0 unspecified atom stereocenters. The van der Waals surface area contributed by atoms with Crippen LogP contribution in [0.25, 0.3) is 0 Å². The number of fused-ring (bicyclic) bond motifs is 1. The van der Waals surface area contributed by atoms with Gasteiger partial charge in [0.25, 0.3) is 5.69 Å². The van der Waals surface area contributed by atoms with Crippen molar-refractivity contribution in [3.8, 4) is 0 Å². The van der Waals surface area contributed by atoms with Crippen molar-refractivity contribution in [3.63, 3.8) is 0 Å². The second-order valence-corrected chi connectivity index (χ2v) is 4.26. The van der Waals surface area contributed by atoms with Crippen molar-refractivity contribution in [2.75, 3.05) is 18.0 Å². The molecule has 0 saturated carbocycles. The van der Waals surface area contributed by atoms with E-state index in [1.165, 1.54) is 12.1 Å². The smallest absolute Gasteiger partial charge is 0.271 e. The van der Waals surface area contributed by atoms with Gasteiger partial charge in [0.2, 0.25) is 5.91 Å². The molecule has 6 nitrogen and oxygen atoms in total. The third-order valence-corrected chi connectivity index (χ3v) is 3.07. The summed E-state index contributed by atoms with van der Waals surface area (Å²) in [4.78, 5) is 23.9. The van der Waals surface area contributed by atoms with E-state index >= 15 is 0 Å². The van der Waals surface area contributed by atoms with Gasteiger partial charge in [0, 0.05) is 25.1 Å². The van der Waals surface area contributed by atoms with Crippen LogP contribution in [0.3, 0.4) is 0 Å². The minimum Gasteiger partial charge on any atom is -0.330 e. The number of non-ortho nitro benzene ring substituents is 1. The fourth-order valence-electron chi connectivity index (χ4n) is 2.13. The van der Waals surface area contributed by atoms with E-state index in [0.29, 0.717) is 31.6 Å². The lowest BCUT2D eigenvalue weighted by molar-refractivity contribution is -0.384. The fraction of sp³-hybridized carbons (Fsp3) is 0.417. The number of carbonyl (C=O) groups is 1. The van der Waals surface area contributed by atoms with E-state index in [4.69, 9.17) is 5.73 Å². The summed E-state index contributed by atoms with van der Waals surface area (Å²) in [5.74, 6) is -0.0142. The van der Waals surface area contributed by atoms with Crippen LogP contribution in [0.5, 0.6) is 0 Å². The number of hydrogen-bond acceptors (Lipinski definition) is 4. The van der Waals surface area contributed by atoms with E-state index in [1.54, 1.807) is 11.0 Å². The summed E-state index contributed by atoms with van der Waals surface area (Å²) < 4.78 is 0. The monoisotopic (exact) mass is 249 g/mol. The summed E-state index contributed by atoms with van der Waals surface area (Å²) in [6.07, 6.45) is 1.78. The molecule has 0 aromatic heterocycles. The first-order valence-corrected chi connectivity index (χ1v) is 5.91. The molecule has 0 fully saturated rings. The quantitative estimate of drug-likeness (QED) is 0.641. The van der Waals surface area contributed by atoms with Crippen molar-refractivity contribution in [1.29, 1.82) is 0 Å². The van der Waals surface area contributed by atoms with Gasteiger partial charge in [-0.3, -0.25) is 14.9 Å². The molecule has 1 aromatic rings. The van der Waals surface area contributed by atoms with E-state index in [2.05, 4.69) is 0 Å². The molecule has 1 amide bonds. The molecular weight excluding hydrogens is 234 g/mol. The highest BCUT2D eigenvalue weighted by atomic mass is 16.6. The number of nitro groups is 1. The number of anilines is 1. The molecule has 2 N–H and O–H groups in total. The zero-order valence-electron chi connectivity index (χ0n) is 9.96. The van der Waals surface area contributed by atoms with E-state index in [0.717, 1.165) is 12.0 Å². The molecule has 0 bridgehead atoms. The number of amides is 1. The fourth-order valence-corrected chi connectivity index (χ4v) is 2.13. The number of benzene rings is 1. The third-order valence-electron chi connectivity index (χ3n) is 3.07. The average molecular weight is 249 g/mol. The van der Waals surface area contributed by atoms with E-state index in [1.807, 2.05) is 0 Å². The van der Waals surface area contributed by atoms with Crippen LogP contribution < -0.4 is 10.6 Å². The Labute approximate surface area is 105 Å². The first kappa shape index (κ1) is 12.5. The highest BCUT2D eigenvalue weighted by Crippen LogP contribution is 2.32. The van der Waals surface area contributed by atoms with Gasteiger partial charge in [-0.1, -0.05) is 6.07 Å². The van der Waals surface area contributed by atoms with Crippen LogP contribution in [0.4, 0.5) is 11.4 Å². The highest BCUT2D eigenvalue weighted by Gasteiger charge is 2.26. The van der Waals surface area contributed by atoms with Crippen molar-refractivity contribution in [2.45, 2.75) is 19.3 Å². The minimum atomic E-state index is -0.443. The molecule has 1 aliphatic heterocycles. The van der Waals surface area contributed by atoms with E-state index in [-0.39, 0.29) is 11.6 Å². The first-order valence-electron chi connectivity index (χ1n) is 5.91. The topological polar surface area (TPSA) is 89.5 Å². The SMILES string of the molecule is NCCCC(=O)N1CCc2ccc([N+](=O)[O-])cc21. The van der Waals surface area contributed by atoms with Crippen LogP contribution in [0.15, 0.2) is 18.2 Å². The summed E-state index contributed by atoms with van der Waals surface area (Å²) in [7, 11) is 0. The predicted molar refractivity (Wildman–Crippen MR) is 67.4 cm³/mol. The Bertz CT molecular complexity index is 487. The Hall–Kier alpha value is -1.95. The summed E-state index contributed by atoms with van der Waals surface area (Å²) in [5, 5.41) is 10.7. The molecule has 0 spiro atoms. The van der Waals surface area contributed by atoms with E-state index < -0.39 is 4.92 Å². The molecule has 2 rings (SSSR count). The normalized spacial score (nSPS) is 13.5. The molecule has 0 aliphatic carbocycles. The lowest BCUT2D eigenvalue weighted by Crippen LogP contribution is -2.29. The summed E-state index contributed by atoms with van der Waals surface area (Å²) in [5.41, 5.74) is 7.05. The maximum atomic E-state index is 11.9. The number of nitrogens with two attached hydrogens (primary N) is 1. The lowest BCUT2D eigenvalue weighted by Gasteiger charge is -2.16. The number of rotatable bonds is 4. The van der Waals surface area contributed by atoms with E-state index in [9.17, 15) is 14.9 Å². The number of carbonyl (C=O) groups excluding carboxylic acids is 1. The van der Waals surface area contributed by atoms with Crippen molar-refractivity contribution in [1.82, 2.24) is 0 Å². The van der Waals surface area contributed by atoms with Crippen molar-refractivity contribution in [3.05, 3.63) is 33.9 Å². The zero-order valence-corrected chi connectivity index (χ0v) is 9.96. The molecule has 1 heterocycles. The van der Waals surface area contributed by atoms with Gasteiger partial charge in [-0.2, -0.15) is 0 Å². The molecule has 0 radical (unpaired) electrons. The van der Waals surface area contributed by atoms with Gasteiger partial charge in [0.15, 0.2) is 0 Å². The molecule has 0 saturated heterocycles. The van der Waals surface area contributed by atoms with Crippen LogP contribution in [0.1, 0.15) is 18.4 Å². The molecule has 0 atom stereocenters. The number of nitro benzene ring substituents is 1. The Morgan fingerprint density at radius 3 is 2.94 bits per heavy atom. The minimum absolute atomic E-state index is 0.0142. The second kappa shape index (κ2) is 5.14. The maximum Gasteiger partial charge on any atom is 0.271 e. The van der Waals surface area contributed by atoms with Crippen LogP contribution in [-0.4, -0.2) is 23.9 Å². The van der Waals surface area contributed by atoms with Gasteiger partial charge in [-0.25, -0.2) is 0 Å². The maximum absolute atomic E-state index is 11.9. The van der Waals surface area contributed by atoms with Gasteiger partial charge in [0.05, 0.1) is 10.6 Å². The summed E-state index contributed by atoms with van der Waals surface area (Å²) >= 11 is 0. The highest BCUT2D eigenvalue weighted by molar-refractivity contribution is 5.95. The molecular formula is C12H15N3O3. The Kier molecular flexibility index (Phi) is 3.57. The van der Waals surface area contributed by atoms with Gasteiger partial charge in [0.1, 0.15) is 0 Å². The molecule has 18 heavy (non-hydrogen) atoms.